The third-order valence-corrected chi connectivity index (χ3v) is 20.0. The summed E-state index contributed by atoms with van der Waals surface area (Å²) in [5.41, 5.74) is 26.5. The van der Waals surface area contributed by atoms with Crippen molar-refractivity contribution in [2.75, 3.05) is 14.7 Å². The van der Waals surface area contributed by atoms with Crippen molar-refractivity contribution in [3.8, 4) is 0 Å². The lowest BCUT2D eigenvalue weighted by molar-refractivity contribution is 0.332. The van der Waals surface area contributed by atoms with E-state index in [4.69, 9.17) is 0 Å². The summed E-state index contributed by atoms with van der Waals surface area (Å²) in [4.78, 5) is 7.92. The fourth-order valence-electron chi connectivity index (χ4n) is 14.2. The van der Waals surface area contributed by atoms with E-state index in [1.165, 1.54) is 139 Å². The predicted molar refractivity (Wildman–Crippen MR) is 332 cm³/mol. The molecule has 2 aliphatic carbocycles. The molecule has 76 heavy (non-hydrogen) atoms. The highest BCUT2D eigenvalue weighted by Crippen LogP contribution is 2.55. The van der Waals surface area contributed by atoms with Crippen molar-refractivity contribution < 1.29 is 0 Å². The van der Waals surface area contributed by atoms with Gasteiger partial charge in [0, 0.05) is 65.7 Å². The first-order chi connectivity index (χ1) is 36.0. The number of thiophene rings is 1. The van der Waals surface area contributed by atoms with Gasteiger partial charge in [0.15, 0.2) is 0 Å². The first-order valence-electron chi connectivity index (χ1n) is 28.1. The summed E-state index contributed by atoms with van der Waals surface area (Å²) in [7, 11) is 0. The Hall–Kier alpha value is -6.56. The maximum absolute atomic E-state index is 2.71. The molecule has 0 N–H and O–H groups in total. The second-order valence-electron chi connectivity index (χ2n) is 26.9. The van der Waals surface area contributed by atoms with Gasteiger partial charge in [-0.25, -0.2) is 0 Å². The number of para-hydroxylation sites is 2. The van der Waals surface area contributed by atoms with Gasteiger partial charge in [0.2, 0.25) is 0 Å². The number of hydrogen-bond acceptors (Lipinski definition) is 4. The monoisotopic (exact) mass is 1010 g/mol. The molecule has 0 radical (unpaired) electrons. The van der Waals surface area contributed by atoms with E-state index in [1.54, 1.807) is 0 Å². The topological polar surface area (TPSA) is 9.72 Å². The Morgan fingerprint density at radius 1 is 0.487 bits per heavy atom. The Kier molecular flexibility index (Phi) is 10.8. The molecule has 8 aromatic carbocycles. The molecule has 3 heterocycles. The number of fused-ring (bicyclic) bond motifs is 9. The summed E-state index contributed by atoms with van der Waals surface area (Å²) in [6, 6.07) is 57.3. The Morgan fingerprint density at radius 2 is 1.04 bits per heavy atom. The minimum atomic E-state index is -0.0514. The molecule has 0 amide bonds. The van der Waals surface area contributed by atoms with Gasteiger partial charge < -0.3 is 14.7 Å². The number of benzene rings is 8. The van der Waals surface area contributed by atoms with Gasteiger partial charge in [-0.05, 0) is 201 Å². The first-order valence-corrected chi connectivity index (χ1v) is 28.9. The van der Waals surface area contributed by atoms with Crippen LogP contribution in [-0.4, -0.2) is 6.71 Å². The van der Waals surface area contributed by atoms with Crippen molar-refractivity contribution in [1.29, 1.82) is 0 Å². The van der Waals surface area contributed by atoms with Gasteiger partial charge in [-0.1, -0.05) is 155 Å². The zero-order valence-corrected chi connectivity index (χ0v) is 48.3. The second kappa shape index (κ2) is 16.7. The quantitative estimate of drug-likeness (QED) is 0.159. The van der Waals surface area contributed by atoms with Crippen molar-refractivity contribution in [3.05, 3.63) is 190 Å². The van der Waals surface area contributed by atoms with Crippen LogP contribution >= 0.6 is 11.3 Å². The minimum absolute atomic E-state index is 0.0229. The third-order valence-electron chi connectivity index (χ3n) is 18.8. The molecule has 0 saturated heterocycles. The fraction of sp³-hybridized carbons (Fsp3) is 0.324. The van der Waals surface area contributed by atoms with E-state index in [-0.39, 0.29) is 33.8 Å². The summed E-state index contributed by atoms with van der Waals surface area (Å²) in [5.74, 6) is 0. The second-order valence-corrected chi connectivity index (χ2v) is 27.9. The molecule has 4 aliphatic rings. The summed E-state index contributed by atoms with van der Waals surface area (Å²) < 4.78 is 2.70. The van der Waals surface area contributed by atoms with Crippen molar-refractivity contribution in [1.82, 2.24) is 0 Å². The SMILES string of the molecule is Cc1cc2c3c(c1)N(c1ccc(C(C)(C)C)c4sc5ccccc5c14)c1cc(N(c4ccccc4C)c4ccccc4C)ccc1B3c1cc3c(cc1N2c1ccc2c(c1)C(C)(C)CCC2(C)C)C(C)(C)CCC3(C)C. The smallest absolute Gasteiger partial charge is 0.252 e. The zero-order valence-electron chi connectivity index (χ0n) is 47.5. The summed E-state index contributed by atoms with van der Waals surface area (Å²) in [6.07, 6.45) is 4.69. The Balaban J connectivity index is 1.17. The highest BCUT2D eigenvalue weighted by Gasteiger charge is 2.48. The van der Waals surface area contributed by atoms with Crippen LogP contribution in [0.1, 0.15) is 146 Å². The molecule has 13 rings (SSSR count). The molecule has 9 aromatic rings. The number of nitrogens with zero attached hydrogens (tertiary/aromatic N) is 3. The van der Waals surface area contributed by atoms with Crippen molar-refractivity contribution >= 4 is 106 Å². The molecule has 2 aliphatic heterocycles. The molecule has 0 unspecified atom stereocenters. The largest absolute Gasteiger partial charge is 0.311 e. The predicted octanol–water partition coefficient (Wildman–Crippen LogP) is 18.5. The fourth-order valence-corrected chi connectivity index (χ4v) is 15.6. The zero-order chi connectivity index (χ0) is 53.2. The van der Waals surface area contributed by atoms with Crippen LogP contribution in [0.3, 0.4) is 0 Å². The maximum atomic E-state index is 2.71. The van der Waals surface area contributed by atoms with E-state index < -0.39 is 0 Å². The minimum Gasteiger partial charge on any atom is -0.311 e. The van der Waals surface area contributed by atoms with Crippen LogP contribution in [0.2, 0.25) is 0 Å². The van der Waals surface area contributed by atoms with E-state index in [0.29, 0.717) is 0 Å². The van der Waals surface area contributed by atoms with Gasteiger partial charge in [-0.15, -0.1) is 11.3 Å². The first kappa shape index (κ1) is 49.0. The van der Waals surface area contributed by atoms with Crippen LogP contribution in [0.5, 0.6) is 0 Å². The molecule has 0 spiro atoms. The third kappa shape index (κ3) is 7.34. The average molecular weight is 1010 g/mol. The van der Waals surface area contributed by atoms with Gasteiger partial charge in [-0.3, -0.25) is 0 Å². The van der Waals surface area contributed by atoms with E-state index >= 15 is 0 Å². The number of rotatable bonds is 5. The van der Waals surface area contributed by atoms with E-state index in [0.717, 1.165) is 18.5 Å². The molecule has 0 saturated carbocycles. The van der Waals surface area contributed by atoms with Gasteiger partial charge in [0.05, 0.1) is 5.69 Å². The van der Waals surface area contributed by atoms with Crippen LogP contribution in [0.4, 0.5) is 51.2 Å². The molecule has 0 atom stereocenters. The lowest BCUT2D eigenvalue weighted by Gasteiger charge is -2.48. The van der Waals surface area contributed by atoms with Gasteiger partial charge in [-0.2, -0.15) is 0 Å². The summed E-state index contributed by atoms with van der Waals surface area (Å²) in [6.45, 7) is 33.8. The normalized spacial score (nSPS) is 17.5. The standard InChI is InChI=1S/C71H74BN3S/c1-43-37-61-65-62(38-43)75(58-32-30-50(67(4,5)6)66-64(58)48-23-17-20-26-63(48)76-66)59-40-47(73(56-24-18-15-21-44(56)2)57-25-19-16-22-45(57)3)28-31-54(59)72(65)55-41-52-53(71(13,14)36-35-70(52,11)12)42-60(55)74(61)46-27-29-49-51(39-46)69(9,10)34-33-68(49,7)8/h15-32,37-42H,33-36H2,1-14H3. The average Bonchev–Trinajstić information content (AvgIpc) is 3.87. The molecule has 3 nitrogen and oxygen atoms in total. The van der Waals surface area contributed by atoms with E-state index in [2.05, 4.69) is 257 Å². The van der Waals surface area contributed by atoms with Crippen molar-refractivity contribution in [2.45, 2.75) is 150 Å². The molecule has 0 fully saturated rings. The van der Waals surface area contributed by atoms with Crippen LogP contribution in [-0.2, 0) is 27.1 Å². The van der Waals surface area contributed by atoms with Crippen LogP contribution < -0.4 is 31.1 Å². The molecular weight excluding hydrogens is 938 g/mol. The number of anilines is 9. The molecule has 0 bridgehead atoms. The Bertz CT molecular complexity index is 3850. The molecule has 1 aromatic heterocycles. The highest BCUT2D eigenvalue weighted by molar-refractivity contribution is 7.26. The number of aryl methyl sites for hydroxylation is 3. The lowest BCUT2D eigenvalue weighted by Crippen LogP contribution is -2.62. The Labute approximate surface area is 457 Å². The highest BCUT2D eigenvalue weighted by atomic mass is 32.1. The number of hydrogen-bond donors (Lipinski definition) is 0. The van der Waals surface area contributed by atoms with Crippen molar-refractivity contribution in [2.24, 2.45) is 0 Å². The molecule has 382 valence electrons. The van der Waals surface area contributed by atoms with E-state index in [9.17, 15) is 0 Å². The van der Waals surface area contributed by atoms with Gasteiger partial charge in [0.1, 0.15) is 0 Å². The van der Waals surface area contributed by atoms with Gasteiger partial charge >= 0.3 is 0 Å². The summed E-state index contributed by atoms with van der Waals surface area (Å²) >= 11 is 1.95. The van der Waals surface area contributed by atoms with Crippen LogP contribution in [0.25, 0.3) is 20.2 Å². The van der Waals surface area contributed by atoms with Crippen molar-refractivity contribution in [3.63, 3.8) is 0 Å². The van der Waals surface area contributed by atoms with Crippen LogP contribution in [0, 0.1) is 20.8 Å². The molecular formula is C71H74BN3S. The Morgan fingerprint density at radius 3 is 1.67 bits per heavy atom. The molecule has 5 heteroatoms. The maximum Gasteiger partial charge on any atom is 0.252 e. The lowest BCUT2D eigenvalue weighted by atomic mass is 9.33. The van der Waals surface area contributed by atoms with Gasteiger partial charge in [0.25, 0.3) is 6.71 Å². The van der Waals surface area contributed by atoms with E-state index in [1.807, 2.05) is 11.3 Å². The summed E-state index contributed by atoms with van der Waals surface area (Å²) in [5, 5.41) is 2.65. The van der Waals surface area contributed by atoms with Crippen LogP contribution in [0.15, 0.2) is 146 Å².